The molecule has 29 heavy (non-hydrogen) atoms. The molecular weight excluding hydrogens is 413 g/mol. The number of rotatable bonds is 8. The van der Waals surface area contributed by atoms with E-state index in [0.717, 1.165) is 25.0 Å². The van der Waals surface area contributed by atoms with Gasteiger partial charge in [-0.3, -0.25) is 4.79 Å². The highest BCUT2D eigenvalue weighted by Crippen LogP contribution is 2.39. The topological polar surface area (TPSA) is 77.8 Å². The van der Waals surface area contributed by atoms with Crippen LogP contribution in [0.4, 0.5) is 0 Å². The number of hydrogen-bond donors (Lipinski definition) is 2. The zero-order chi connectivity index (χ0) is 21.0. The van der Waals surface area contributed by atoms with Crippen molar-refractivity contribution in [1.29, 1.82) is 0 Å². The molecule has 7 heteroatoms. The smallest absolute Gasteiger partial charge is 0.328 e. The molecule has 2 N–H and O–H groups in total. The molecule has 1 aliphatic carbocycles. The maximum absolute atomic E-state index is 12.9. The number of nitrogens with zero attached hydrogens (tertiary/aromatic N) is 1. The first-order valence-electron chi connectivity index (χ1n) is 9.25. The lowest BCUT2D eigenvalue weighted by molar-refractivity contribution is -0.134. The van der Waals surface area contributed by atoms with Gasteiger partial charge < -0.3 is 15.1 Å². The Morgan fingerprint density at radius 3 is 2.31 bits per heavy atom. The third-order valence-corrected chi connectivity index (χ3v) is 5.33. The zero-order valence-corrected chi connectivity index (χ0v) is 17.1. The summed E-state index contributed by atoms with van der Waals surface area (Å²) < 4.78 is 0. The van der Waals surface area contributed by atoms with Crippen LogP contribution in [0.3, 0.4) is 0 Å². The average molecular weight is 434 g/mol. The fourth-order valence-electron chi connectivity index (χ4n) is 3.22. The van der Waals surface area contributed by atoms with Gasteiger partial charge in [0.15, 0.2) is 0 Å². The van der Waals surface area contributed by atoms with E-state index in [1.54, 1.807) is 48.5 Å². The standard InChI is InChI=1S/C22H21Cl2NO4/c23-17-8-6-15(7-9-17)21(22(29)16-2-1-3-18(24)12-16)25(13-14-4-5-14)19(26)10-11-20(27)28/h1-3,6-12,14,21-22,29H,4-5,13H2,(H,27,28)/b11-10+/t21-,22-/m1/s1. The summed E-state index contributed by atoms with van der Waals surface area (Å²) in [6.45, 7) is 0.424. The van der Waals surface area contributed by atoms with Crippen molar-refractivity contribution in [3.63, 3.8) is 0 Å². The number of aliphatic carboxylic acids is 1. The number of hydrogen-bond acceptors (Lipinski definition) is 3. The molecule has 1 fully saturated rings. The van der Waals surface area contributed by atoms with Crippen LogP contribution in [-0.4, -0.2) is 33.5 Å². The van der Waals surface area contributed by atoms with Gasteiger partial charge in [-0.1, -0.05) is 47.5 Å². The minimum atomic E-state index is -1.21. The molecule has 152 valence electrons. The normalized spacial score (nSPS) is 15.8. The van der Waals surface area contributed by atoms with E-state index in [0.29, 0.717) is 33.6 Å². The van der Waals surface area contributed by atoms with E-state index in [4.69, 9.17) is 28.3 Å². The largest absolute Gasteiger partial charge is 0.478 e. The highest BCUT2D eigenvalue weighted by molar-refractivity contribution is 6.30. The highest BCUT2D eigenvalue weighted by Gasteiger charge is 2.35. The molecule has 2 aromatic rings. The molecule has 3 rings (SSSR count). The van der Waals surface area contributed by atoms with Gasteiger partial charge in [-0.15, -0.1) is 0 Å². The van der Waals surface area contributed by atoms with Crippen molar-refractivity contribution in [1.82, 2.24) is 4.90 Å². The van der Waals surface area contributed by atoms with Crippen molar-refractivity contribution in [2.45, 2.75) is 25.0 Å². The summed E-state index contributed by atoms with van der Waals surface area (Å²) in [5.74, 6) is -1.35. The Morgan fingerprint density at radius 2 is 1.72 bits per heavy atom. The SMILES string of the molecule is O=C(O)/C=C/C(=O)N(CC1CC1)[C@H](c1ccc(Cl)cc1)[C@H](O)c1cccc(Cl)c1. The van der Waals surface area contributed by atoms with Gasteiger partial charge in [-0.25, -0.2) is 4.79 Å². The Morgan fingerprint density at radius 1 is 1.03 bits per heavy atom. The number of amides is 1. The fourth-order valence-corrected chi connectivity index (χ4v) is 3.55. The van der Waals surface area contributed by atoms with Crippen LogP contribution in [0.15, 0.2) is 60.7 Å². The van der Waals surface area contributed by atoms with Crippen LogP contribution in [0.2, 0.25) is 10.0 Å². The number of carbonyl (C=O) groups is 2. The molecule has 0 saturated heterocycles. The summed E-state index contributed by atoms with van der Waals surface area (Å²) in [5, 5.41) is 21.1. The Kier molecular flexibility index (Phi) is 6.96. The number of benzene rings is 2. The van der Waals surface area contributed by atoms with E-state index in [1.807, 2.05) is 0 Å². The van der Waals surface area contributed by atoms with Crippen molar-refractivity contribution in [3.05, 3.63) is 81.9 Å². The van der Waals surface area contributed by atoms with Gasteiger partial charge >= 0.3 is 5.97 Å². The molecule has 0 aliphatic heterocycles. The van der Waals surface area contributed by atoms with Gasteiger partial charge in [-0.2, -0.15) is 0 Å². The lowest BCUT2D eigenvalue weighted by Gasteiger charge is -2.35. The quantitative estimate of drug-likeness (QED) is 0.593. The molecule has 1 amide bonds. The highest BCUT2D eigenvalue weighted by atomic mass is 35.5. The van der Waals surface area contributed by atoms with E-state index in [9.17, 15) is 14.7 Å². The van der Waals surface area contributed by atoms with E-state index >= 15 is 0 Å². The first-order valence-corrected chi connectivity index (χ1v) is 10.0. The number of carbonyl (C=O) groups excluding carboxylic acids is 1. The second kappa shape index (κ2) is 9.44. The molecule has 0 unspecified atom stereocenters. The van der Waals surface area contributed by atoms with Crippen LogP contribution >= 0.6 is 23.2 Å². The third-order valence-electron chi connectivity index (χ3n) is 4.84. The van der Waals surface area contributed by atoms with Crippen LogP contribution in [0.1, 0.15) is 36.1 Å². The number of carboxylic acids is 1. The first-order chi connectivity index (χ1) is 13.8. The van der Waals surface area contributed by atoms with Crippen molar-refractivity contribution < 1.29 is 19.8 Å². The van der Waals surface area contributed by atoms with Gasteiger partial charge in [0.1, 0.15) is 6.10 Å². The van der Waals surface area contributed by atoms with Crippen molar-refractivity contribution in [2.24, 2.45) is 5.92 Å². The molecule has 2 aromatic carbocycles. The maximum atomic E-state index is 12.9. The molecule has 0 aromatic heterocycles. The first kappa shape index (κ1) is 21.4. The lowest BCUT2D eigenvalue weighted by Crippen LogP contribution is -2.38. The molecule has 0 heterocycles. The third kappa shape index (κ3) is 5.82. The molecule has 0 spiro atoms. The van der Waals surface area contributed by atoms with Crippen LogP contribution in [0, 0.1) is 5.92 Å². The predicted molar refractivity (Wildman–Crippen MR) is 112 cm³/mol. The molecule has 5 nitrogen and oxygen atoms in total. The van der Waals surface area contributed by atoms with Crippen LogP contribution in [0.25, 0.3) is 0 Å². The summed E-state index contributed by atoms with van der Waals surface area (Å²) in [4.78, 5) is 25.3. The molecular formula is C22H21Cl2NO4. The summed E-state index contributed by atoms with van der Waals surface area (Å²) in [6, 6.07) is 13.0. The summed E-state index contributed by atoms with van der Waals surface area (Å²) in [5.41, 5.74) is 1.26. The number of aliphatic hydroxyl groups is 1. The predicted octanol–water partition coefficient (Wildman–Crippen LogP) is 4.65. The molecule has 0 bridgehead atoms. The number of carboxylic acid groups (broad SMARTS) is 1. The summed E-state index contributed by atoms with van der Waals surface area (Å²) in [6.07, 6.45) is 2.77. The monoisotopic (exact) mass is 433 g/mol. The molecule has 1 aliphatic rings. The van der Waals surface area contributed by atoms with Gasteiger partial charge in [0, 0.05) is 28.7 Å². The van der Waals surface area contributed by atoms with Crippen molar-refractivity contribution in [3.8, 4) is 0 Å². The molecule has 2 atom stereocenters. The number of aliphatic hydroxyl groups excluding tert-OH is 1. The molecule has 0 radical (unpaired) electrons. The maximum Gasteiger partial charge on any atom is 0.328 e. The van der Waals surface area contributed by atoms with E-state index in [-0.39, 0.29) is 0 Å². The minimum Gasteiger partial charge on any atom is -0.478 e. The second-order valence-electron chi connectivity index (χ2n) is 7.10. The Bertz CT molecular complexity index is 909. The van der Waals surface area contributed by atoms with Crippen LogP contribution in [0.5, 0.6) is 0 Å². The van der Waals surface area contributed by atoms with Gasteiger partial charge in [-0.05, 0) is 54.2 Å². The van der Waals surface area contributed by atoms with Crippen LogP contribution < -0.4 is 0 Å². The summed E-state index contributed by atoms with van der Waals surface area (Å²) in [7, 11) is 0. The number of halogens is 2. The van der Waals surface area contributed by atoms with Crippen molar-refractivity contribution in [2.75, 3.05) is 6.54 Å². The Labute approximate surface area is 179 Å². The van der Waals surface area contributed by atoms with Crippen LogP contribution in [-0.2, 0) is 9.59 Å². The van der Waals surface area contributed by atoms with E-state index < -0.39 is 24.0 Å². The average Bonchev–Trinajstić information content (AvgIpc) is 3.51. The minimum absolute atomic E-state index is 0.332. The van der Waals surface area contributed by atoms with Crippen molar-refractivity contribution >= 4 is 35.1 Å². The van der Waals surface area contributed by atoms with Gasteiger partial charge in [0.05, 0.1) is 6.04 Å². The van der Waals surface area contributed by atoms with Gasteiger partial charge in [0.2, 0.25) is 5.91 Å². The molecule has 1 saturated carbocycles. The zero-order valence-electron chi connectivity index (χ0n) is 15.5. The van der Waals surface area contributed by atoms with E-state index in [2.05, 4.69) is 0 Å². The summed E-state index contributed by atoms with van der Waals surface area (Å²) >= 11 is 12.1. The van der Waals surface area contributed by atoms with E-state index in [1.165, 1.54) is 4.90 Å². The Balaban J connectivity index is 2.03. The van der Waals surface area contributed by atoms with Gasteiger partial charge in [0.25, 0.3) is 0 Å². The lowest BCUT2D eigenvalue weighted by atomic mass is 9.93. The second-order valence-corrected chi connectivity index (χ2v) is 7.97. The Hall–Kier alpha value is -2.34. The fraction of sp³-hybridized carbons (Fsp3) is 0.273.